The molecule has 1 aromatic carbocycles. The number of alkyl carbamates (subject to hydrolysis) is 1. The van der Waals surface area contributed by atoms with Crippen LogP contribution in [0.2, 0.25) is 0 Å². The number of piperidine rings is 1. The molecular formula is C27H34F2N6O3. The molecule has 2 aliphatic rings. The lowest BCUT2D eigenvalue weighted by Crippen LogP contribution is -2.43. The van der Waals surface area contributed by atoms with Crippen LogP contribution in [0.5, 0.6) is 5.75 Å². The molecule has 0 bridgehead atoms. The number of nitrogens with zero attached hydrogens (tertiary/aromatic N) is 5. The minimum atomic E-state index is -0.704. The normalized spacial score (nSPS) is 21.1. The summed E-state index contributed by atoms with van der Waals surface area (Å²) in [5.74, 6) is -0.395. The van der Waals surface area contributed by atoms with Crippen LogP contribution < -0.4 is 15.0 Å². The number of likely N-dealkylation sites (tertiary alicyclic amines) is 1. The lowest BCUT2D eigenvalue weighted by Gasteiger charge is -2.32. The first-order valence-electron chi connectivity index (χ1n) is 12.8. The molecule has 3 unspecified atom stereocenters. The average Bonchev–Trinajstić information content (AvgIpc) is 3.28. The second-order valence-electron chi connectivity index (χ2n) is 10.9. The summed E-state index contributed by atoms with van der Waals surface area (Å²) in [7, 11) is 0. The molecule has 2 saturated heterocycles. The zero-order valence-electron chi connectivity index (χ0n) is 22.2. The van der Waals surface area contributed by atoms with Crippen molar-refractivity contribution >= 4 is 12.0 Å². The number of carbonyl (C=O) groups excluding carboxylic acids is 1. The van der Waals surface area contributed by atoms with Gasteiger partial charge in [-0.1, -0.05) is 0 Å². The van der Waals surface area contributed by atoms with Gasteiger partial charge in [-0.25, -0.2) is 23.5 Å². The van der Waals surface area contributed by atoms with Gasteiger partial charge in [-0.2, -0.15) is 5.26 Å². The van der Waals surface area contributed by atoms with Crippen molar-refractivity contribution in [2.45, 2.75) is 64.2 Å². The maximum atomic E-state index is 14.7. The Morgan fingerprint density at radius 1 is 1.18 bits per heavy atom. The number of anilines is 1. The van der Waals surface area contributed by atoms with Crippen molar-refractivity contribution in [3.63, 3.8) is 0 Å². The minimum Gasteiger partial charge on any atom is -0.487 e. The van der Waals surface area contributed by atoms with Gasteiger partial charge >= 0.3 is 6.09 Å². The molecule has 1 aromatic heterocycles. The van der Waals surface area contributed by atoms with E-state index in [1.54, 1.807) is 38.1 Å². The second-order valence-corrected chi connectivity index (χ2v) is 10.9. The SMILES string of the molecule is CC(Oc1cnc(N2CC(NC(=O)OC(C)(C)C)C(c3cc(F)ccc3F)C2)nc1)C1CCN(C#N)CC1. The number of hydrogen-bond donors (Lipinski definition) is 1. The number of aromatic nitrogens is 2. The van der Waals surface area contributed by atoms with Crippen LogP contribution in [0.15, 0.2) is 30.6 Å². The molecular weight excluding hydrogens is 494 g/mol. The molecule has 204 valence electrons. The third-order valence-electron chi connectivity index (χ3n) is 6.94. The van der Waals surface area contributed by atoms with E-state index in [-0.39, 0.29) is 24.8 Å². The van der Waals surface area contributed by atoms with Crippen molar-refractivity contribution in [3.05, 3.63) is 47.8 Å². The molecule has 3 atom stereocenters. The van der Waals surface area contributed by atoms with Gasteiger partial charge in [0.2, 0.25) is 5.95 Å². The number of rotatable bonds is 6. The van der Waals surface area contributed by atoms with Crippen LogP contribution in [0, 0.1) is 29.0 Å². The van der Waals surface area contributed by atoms with Crippen LogP contribution in [0.1, 0.15) is 52.0 Å². The minimum absolute atomic E-state index is 0.0557. The highest BCUT2D eigenvalue weighted by atomic mass is 19.1. The van der Waals surface area contributed by atoms with Gasteiger partial charge in [-0.05, 0) is 70.2 Å². The van der Waals surface area contributed by atoms with E-state index in [4.69, 9.17) is 14.7 Å². The Balaban J connectivity index is 1.45. The number of hydrogen-bond acceptors (Lipinski definition) is 8. The molecule has 11 heteroatoms. The van der Waals surface area contributed by atoms with Gasteiger partial charge in [0, 0.05) is 32.1 Å². The quantitative estimate of drug-likeness (QED) is 0.556. The Hall–Kier alpha value is -3.68. The van der Waals surface area contributed by atoms with Crippen LogP contribution in [-0.4, -0.2) is 64.9 Å². The molecule has 0 radical (unpaired) electrons. The number of nitrogens with one attached hydrogen (secondary N) is 1. The summed E-state index contributed by atoms with van der Waals surface area (Å²) >= 11 is 0. The highest BCUT2D eigenvalue weighted by Gasteiger charge is 2.38. The fourth-order valence-corrected chi connectivity index (χ4v) is 5.00. The monoisotopic (exact) mass is 528 g/mol. The summed E-state index contributed by atoms with van der Waals surface area (Å²) in [4.78, 5) is 25.0. The average molecular weight is 529 g/mol. The summed E-state index contributed by atoms with van der Waals surface area (Å²) in [5.41, 5.74) is -0.532. The van der Waals surface area contributed by atoms with Gasteiger partial charge in [0.05, 0.1) is 24.5 Å². The van der Waals surface area contributed by atoms with E-state index in [2.05, 4.69) is 21.5 Å². The Morgan fingerprint density at radius 2 is 1.87 bits per heavy atom. The van der Waals surface area contributed by atoms with Crippen LogP contribution in [0.25, 0.3) is 0 Å². The van der Waals surface area contributed by atoms with Crippen molar-refractivity contribution in [2.24, 2.45) is 5.92 Å². The van der Waals surface area contributed by atoms with Crippen LogP contribution in [0.3, 0.4) is 0 Å². The smallest absolute Gasteiger partial charge is 0.407 e. The fraction of sp³-hybridized carbons (Fsp3) is 0.556. The Morgan fingerprint density at radius 3 is 2.50 bits per heavy atom. The van der Waals surface area contributed by atoms with Crippen molar-refractivity contribution in [1.82, 2.24) is 20.2 Å². The van der Waals surface area contributed by atoms with E-state index in [9.17, 15) is 13.6 Å². The van der Waals surface area contributed by atoms with Crippen LogP contribution in [-0.2, 0) is 4.74 Å². The van der Waals surface area contributed by atoms with Gasteiger partial charge < -0.3 is 24.6 Å². The van der Waals surface area contributed by atoms with Crippen molar-refractivity contribution in [1.29, 1.82) is 5.26 Å². The molecule has 1 N–H and O–H groups in total. The van der Waals surface area contributed by atoms with Crippen molar-refractivity contribution in [2.75, 3.05) is 31.1 Å². The molecule has 1 amide bonds. The lowest BCUT2D eigenvalue weighted by atomic mass is 9.92. The molecule has 3 heterocycles. The van der Waals surface area contributed by atoms with E-state index < -0.39 is 35.3 Å². The summed E-state index contributed by atoms with van der Waals surface area (Å²) in [6.07, 6.45) is 6.44. The maximum absolute atomic E-state index is 14.7. The van der Waals surface area contributed by atoms with Gasteiger partial charge in [-0.15, -0.1) is 0 Å². The van der Waals surface area contributed by atoms with E-state index in [0.29, 0.717) is 17.6 Å². The third kappa shape index (κ3) is 6.79. The number of nitriles is 1. The molecule has 0 spiro atoms. The Bertz CT molecular complexity index is 1160. The maximum Gasteiger partial charge on any atom is 0.407 e. The zero-order valence-corrected chi connectivity index (χ0v) is 22.2. The molecule has 2 aromatic rings. The summed E-state index contributed by atoms with van der Waals surface area (Å²) in [6, 6.07) is 2.76. The predicted molar refractivity (Wildman–Crippen MR) is 137 cm³/mol. The van der Waals surface area contributed by atoms with Crippen LogP contribution in [0.4, 0.5) is 19.5 Å². The first kappa shape index (κ1) is 27.4. The van der Waals surface area contributed by atoms with E-state index in [0.717, 1.165) is 44.1 Å². The van der Waals surface area contributed by atoms with Crippen LogP contribution >= 0.6 is 0 Å². The lowest BCUT2D eigenvalue weighted by molar-refractivity contribution is 0.0504. The molecule has 0 aliphatic carbocycles. The topological polar surface area (TPSA) is 104 Å². The molecule has 2 fully saturated rings. The number of benzene rings is 1. The van der Waals surface area contributed by atoms with Crippen molar-refractivity contribution in [3.8, 4) is 11.9 Å². The number of amides is 1. The van der Waals surface area contributed by atoms with Gasteiger partial charge in [0.1, 0.15) is 17.2 Å². The van der Waals surface area contributed by atoms with E-state index >= 15 is 0 Å². The first-order valence-corrected chi connectivity index (χ1v) is 12.8. The number of carbonyl (C=O) groups is 1. The predicted octanol–water partition coefficient (Wildman–Crippen LogP) is 4.21. The summed E-state index contributed by atoms with van der Waals surface area (Å²) in [5, 5.41) is 11.9. The third-order valence-corrected chi connectivity index (χ3v) is 6.94. The number of ether oxygens (including phenoxy) is 2. The molecule has 38 heavy (non-hydrogen) atoms. The molecule has 4 rings (SSSR count). The van der Waals surface area contributed by atoms with Gasteiger partial charge in [0.25, 0.3) is 0 Å². The largest absolute Gasteiger partial charge is 0.487 e. The summed E-state index contributed by atoms with van der Waals surface area (Å²) in [6.45, 7) is 9.28. The highest BCUT2D eigenvalue weighted by Crippen LogP contribution is 2.32. The summed E-state index contributed by atoms with van der Waals surface area (Å²) < 4.78 is 40.2. The Kier molecular flexibility index (Phi) is 8.19. The molecule has 2 aliphatic heterocycles. The Labute approximate surface area is 221 Å². The highest BCUT2D eigenvalue weighted by molar-refractivity contribution is 5.68. The van der Waals surface area contributed by atoms with Gasteiger partial charge in [0.15, 0.2) is 11.9 Å². The second kappa shape index (κ2) is 11.4. The van der Waals surface area contributed by atoms with Gasteiger partial charge in [-0.3, -0.25) is 0 Å². The molecule has 0 saturated carbocycles. The fourth-order valence-electron chi connectivity index (χ4n) is 5.00. The van der Waals surface area contributed by atoms with E-state index in [1.165, 1.54) is 0 Å². The molecule has 9 nitrogen and oxygen atoms in total. The first-order chi connectivity index (χ1) is 18.0. The van der Waals surface area contributed by atoms with E-state index in [1.807, 2.05) is 11.8 Å². The number of halogens is 2. The van der Waals surface area contributed by atoms with Crippen molar-refractivity contribution < 1.29 is 23.0 Å². The standard InChI is InChI=1S/C27H34F2N6O3/c1-17(18-7-9-34(16-30)10-8-18)37-20-12-31-25(32-13-20)35-14-22(21-11-19(28)5-6-23(21)29)24(15-35)33-26(36)38-27(2,3)4/h5-6,11-13,17-18,22,24H,7-10,14-15H2,1-4H3,(H,33,36). The zero-order chi connectivity index (χ0) is 27.4.